The first kappa shape index (κ1) is 18.1. The summed E-state index contributed by atoms with van der Waals surface area (Å²) in [4.78, 5) is 32.1. The van der Waals surface area contributed by atoms with Crippen LogP contribution in [0.25, 0.3) is 0 Å². The van der Waals surface area contributed by atoms with Gasteiger partial charge >= 0.3 is 0 Å². The van der Waals surface area contributed by atoms with E-state index in [0.717, 1.165) is 31.0 Å². The number of nitrogens with one attached hydrogen (secondary N) is 1. The summed E-state index contributed by atoms with van der Waals surface area (Å²) in [6, 6.07) is 2.94. The summed E-state index contributed by atoms with van der Waals surface area (Å²) in [6.45, 7) is 4.69. The van der Waals surface area contributed by atoms with E-state index < -0.39 is 0 Å². The van der Waals surface area contributed by atoms with E-state index in [4.69, 9.17) is 0 Å². The van der Waals surface area contributed by atoms with Crippen LogP contribution in [0.15, 0.2) is 35.8 Å². The summed E-state index contributed by atoms with van der Waals surface area (Å²) in [5.41, 5.74) is 0.292. The minimum atomic E-state index is -0.212. The smallest absolute Gasteiger partial charge is 0.255 e. The fourth-order valence-corrected chi connectivity index (χ4v) is 3.64. The summed E-state index contributed by atoms with van der Waals surface area (Å²) in [6.07, 6.45) is 6.30. The molecule has 146 valence electrons. The first-order valence-corrected chi connectivity index (χ1v) is 9.38. The molecular weight excluding hydrogens is 360 g/mol. The van der Waals surface area contributed by atoms with Gasteiger partial charge in [-0.2, -0.15) is 5.10 Å². The Kier molecular flexibility index (Phi) is 5.00. The second kappa shape index (κ2) is 7.75. The fraction of sp³-hybridized carbons (Fsp3) is 0.444. The summed E-state index contributed by atoms with van der Waals surface area (Å²) >= 11 is 0. The molecule has 1 N–H and O–H groups in total. The van der Waals surface area contributed by atoms with Crippen molar-refractivity contribution < 1.29 is 4.79 Å². The highest BCUT2D eigenvalue weighted by atomic mass is 16.2. The lowest BCUT2D eigenvalue weighted by molar-refractivity contribution is 0.0709. The van der Waals surface area contributed by atoms with Gasteiger partial charge in [-0.15, -0.1) is 10.2 Å². The summed E-state index contributed by atoms with van der Waals surface area (Å²) in [5.74, 6) is 2.03. The predicted molar refractivity (Wildman–Crippen MR) is 99.8 cm³/mol. The molecule has 4 heterocycles. The molecule has 0 unspecified atom stereocenters. The molecule has 1 fully saturated rings. The first-order valence-electron chi connectivity index (χ1n) is 9.38. The SMILES string of the molecule is CCn1c(Cn2cncn2)nnc1C1CCN(C(=O)c2ccc(=O)[nH]c2)CC1. The molecule has 1 aliphatic rings. The average Bonchev–Trinajstić information content (AvgIpc) is 3.38. The zero-order valence-electron chi connectivity index (χ0n) is 15.7. The molecule has 3 aromatic heterocycles. The summed E-state index contributed by atoms with van der Waals surface area (Å²) in [7, 11) is 0. The molecule has 10 nitrogen and oxygen atoms in total. The third-order valence-corrected chi connectivity index (χ3v) is 5.12. The molecule has 0 saturated carbocycles. The normalized spacial score (nSPS) is 15.1. The van der Waals surface area contributed by atoms with Crippen LogP contribution in [0.4, 0.5) is 0 Å². The number of hydrogen-bond donors (Lipinski definition) is 1. The number of aromatic nitrogens is 7. The zero-order valence-corrected chi connectivity index (χ0v) is 15.7. The van der Waals surface area contributed by atoms with E-state index in [1.807, 2.05) is 4.90 Å². The summed E-state index contributed by atoms with van der Waals surface area (Å²) in [5, 5.41) is 12.9. The number of H-pyrrole nitrogens is 1. The molecule has 0 aliphatic carbocycles. The second-order valence-corrected chi connectivity index (χ2v) is 6.82. The van der Waals surface area contributed by atoms with Crippen LogP contribution in [0.3, 0.4) is 0 Å². The van der Waals surface area contributed by atoms with Crippen LogP contribution in [0.1, 0.15) is 47.7 Å². The molecule has 0 spiro atoms. The van der Waals surface area contributed by atoms with Gasteiger partial charge in [-0.25, -0.2) is 9.67 Å². The number of carbonyl (C=O) groups is 1. The maximum absolute atomic E-state index is 12.6. The van der Waals surface area contributed by atoms with E-state index >= 15 is 0 Å². The Hall–Kier alpha value is -3.30. The number of likely N-dealkylation sites (tertiary alicyclic amines) is 1. The standard InChI is InChI=1S/C18H22N8O2/c1-2-26-15(10-25-12-19-11-21-25)22-23-17(26)13-5-7-24(8-6-13)18(28)14-3-4-16(27)20-9-14/h3-4,9,11-13H,2,5-8,10H2,1H3,(H,20,27). The lowest BCUT2D eigenvalue weighted by atomic mass is 9.95. The van der Waals surface area contributed by atoms with E-state index in [0.29, 0.717) is 25.2 Å². The quantitative estimate of drug-likeness (QED) is 0.693. The number of hydrogen-bond acceptors (Lipinski definition) is 6. The van der Waals surface area contributed by atoms with Gasteiger partial charge in [0, 0.05) is 37.8 Å². The van der Waals surface area contributed by atoms with Crippen molar-refractivity contribution in [3.63, 3.8) is 0 Å². The summed E-state index contributed by atoms with van der Waals surface area (Å²) < 4.78 is 3.86. The maximum Gasteiger partial charge on any atom is 0.255 e. The number of piperidine rings is 1. The van der Waals surface area contributed by atoms with Crippen molar-refractivity contribution in [1.82, 2.24) is 39.4 Å². The fourth-order valence-electron chi connectivity index (χ4n) is 3.64. The lowest BCUT2D eigenvalue weighted by Gasteiger charge is -2.31. The van der Waals surface area contributed by atoms with Crippen molar-refractivity contribution in [3.05, 3.63) is 58.6 Å². The van der Waals surface area contributed by atoms with Gasteiger partial charge in [0.15, 0.2) is 5.82 Å². The van der Waals surface area contributed by atoms with Crippen LogP contribution in [0.2, 0.25) is 0 Å². The average molecular weight is 382 g/mol. The third-order valence-electron chi connectivity index (χ3n) is 5.12. The molecule has 0 bridgehead atoms. The number of pyridine rings is 1. The Bertz CT molecular complexity index is 979. The molecule has 1 saturated heterocycles. The van der Waals surface area contributed by atoms with Gasteiger partial charge in [-0.05, 0) is 25.8 Å². The van der Waals surface area contributed by atoms with Crippen LogP contribution in [-0.4, -0.2) is 58.4 Å². The molecule has 4 rings (SSSR count). The van der Waals surface area contributed by atoms with Gasteiger partial charge in [-0.3, -0.25) is 9.59 Å². The number of carbonyl (C=O) groups excluding carboxylic acids is 1. The van der Waals surface area contributed by atoms with E-state index in [-0.39, 0.29) is 17.4 Å². The molecule has 1 amide bonds. The Morgan fingerprint density at radius 2 is 2.07 bits per heavy atom. The number of nitrogens with zero attached hydrogens (tertiary/aromatic N) is 7. The van der Waals surface area contributed by atoms with Crippen molar-refractivity contribution in [3.8, 4) is 0 Å². The van der Waals surface area contributed by atoms with Gasteiger partial charge in [0.05, 0.1) is 5.56 Å². The third kappa shape index (κ3) is 3.57. The molecule has 10 heteroatoms. The predicted octanol–water partition coefficient (Wildman–Crippen LogP) is 0.646. The minimum Gasteiger partial charge on any atom is -0.339 e. The van der Waals surface area contributed by atoms with Crippen molar-refractivity contribution in [1.29, 1.82) is 0 Å². The number of amides is 1. The van der Waals surface area contributed by atoms with Crippen molar-refractivity contribution in [2.75, 3.05) is 13.1 Å². The molecule has 28 heavy (non-hydrogen) atoms. The van der Waals surface area contributed by atoms with Crippen LogP contribution >= 0.6 is 0 Å². The Morgan fingerprint density at radius 3 is 2.71 bits per heavy atom. The topological polar surface area (TPSA) is 115 Å². The van der Waals surface area contributed by atoms with Crippen molar-refractivity contribution in [2.45, 2.75) is 38.8 Å². The number of aromatic amines is 1. The Balaban J connectivity index is 1.43. The zero-order chi connectivity index (χ0) is 19.5. The molecule has 0 atom stereocenters. The lowest BCUT2D eigenvalue weighted by Crippen LogP contribution is -2.38. The highest BCUT2D eigenvalue weighted by Crippen LogP contribution is 2.28. The molecule has 0 aromatic carbocycles. The highest BCUT2D eigenvalue weighted by Gasteiger charge is 2.28. The first-order chi connectivity index (χ1) is 13.7. The van der Waals surface area contributed by atoms with E-state index in [2.05, 4.69) is 36.8 Å². The monoisotopic (exact) mass is 382 g/mol. The highest BCUT2D eigenvalue weighted by molar-refractivity contribution is 5.93. The molecule has 0 radical (unpaired) electrons. The molecule has 1 aliphatic heterocycles. The van der Waals surface area contributed by atoms with E-state index in [1.54, 1.807) is 17.1 Å². The van der Waals surface area contributed by atoms with Gasteiger partial charge in [0.2, 0.25) is 5.56 Å². The van der Waals surface area contributed by atoms with E-state index in [9.17, 15) is 9.59 Å². The molecular formula is C18H22N8O2. The van der Waals surface area contributed by atoms with Gasteiger partial charge in [-0.1, -0.05) is 0 Å². The van der Waals surface area contributed by atoms with Gasteiger partial charge < -0.3 is 14.5 Å². The van der Waals surface area contributed by atoms with Crippen molar-refractivity contribution in [2.24, 2.45) is 0 Å². The van der Waals surface area contributed by atoms with Crippen molar-refractivity contribution >= 4 is 5.91 Å². The maximum atomic E-state index is 12.6. The molecule has 3 aromatic rings. The van der Waals surface area contributed by atoms with Gasteiger partial charge in [0.1, 0.15) is 25.0 Å². The van der Waals surface area contributed by atoms with Crippen LogP contribution in [0, 0.1) is 0 Å². The Morgan fingerprint density at radius 1 is 1.25 bits per heavy atom. The van der Waals surface area contributed by atoms with Crippen LogP contribution in [0.5, 0.6) is 0 Å². The number of rotatable bonds is 5. The van der Waals surface area contributed by atoms with Crippen LogP contribution < -0.4 is 5.56 Å². The van der Waals surface area contributed by atoms with Crippen LogP contribution in [-0.2, 0) is 13.1 Å². The van der Waals surface area contributed by atoms with E-state index in [1.165, 1.54) is 18.6 Å². The van der Waals surface area contributed by atoms with Gasteiger partial charge in [0.25, 0.3) is 5.91 Å². The Labute approximate surface area is 161 Å². The second-order valence-electron chi connectivity index (χ2n) is 6.82. The minimum absolute atomic E-state index is 0.0569. The largest absolute Gasteiger partial charge is 0.339 e.